The average molecular weight is 306 g/mol. The number of para-hydroxylation sites is 1. The van der Waals surface area contributed by atoms with Crippen LogP contribution >= 0.6 is 0 Å². The number of methoxy groups -OCH3 is 1. The molecular weight excluding hydrogens is 293 g/mol. The molecule has 8 heteroatoms. The van der Waals surface area contributed by atoms with Gasteiger partial charge in [0.15, 0.2) is 11.5 Å². The van der Waals surface area contributed by atoms with Crippen molar-refractivity contribution in [3.63, 3.8) is 0 Å². The van der Waals surface area contributed by atoms with E-state index < -0.39 is 18.9 Å². The molecule has 1 aromatic carbocycles. The van der Waals surface area contributed by atoms with Crippen LogP contribution in [-0.2, 0) is 9.53 Å². The van der Waals surface area contributed by atoms with Crippen molar-refractivity contribution in [3.05, 3.63) is 29.8 Å². The molecule has 0 atom stereocenters. The Morgan fingerprint density at radius 1 is 1.33 bits per heavy atom. The second kappa shape index (κ2) is 7.53. The molecule has 1 rings (SSSR count). The van der Waals surface area contributed by atoms with E-state index in [1.807, 2.05) is 0 Å². The molecule has 1 aromatic rings. The molecule has 0 aromatic heterocycles. The fourth-order valence-electron chi connectivity index (χ4n) is 1.44. The topological polar surface area (TPSA) is 65.0 Å². The van der Waals surface area contributed by atoms with Crippen molar-refractivity contribution < 1.29 is 37.3 Å². The Morgan fingerprint density at radius 3 is 2.62 bits per heavy atom. The number of carboxylic acids is 1. The van der Waals surface area contributed by atoms with Gasteiger partial charge < -0.3 is 14.6 Å². The molecule has 0 aliphatic rings. The third-order valence-corrected chi connectivity index (χ3v) is 2.23. The predicted octanol–water partition coefficient (Wildman–Crippen LogP) is 2.71. The average Bonchev–Trinajstić information content (AvgIpc) is 2.40. The third kappa shape index (κ3) is 6.17. The SMILES string of the molecule is COc1cccc(C=CC(=O)O)c1OCCOC(F)(F)F. The predicted molar refractivity (Wildman–Crippen MR) is 67.2 cm³/mol. The maximum Gasteiger partial charge on any atom is 0.522 e. The van der Waals surface area contributed by atoms with Crippen molar-refractivity contribution in [2.45, 2.75) is 6.36 Å². The fraction of sp³-hybridized carbons (Fsp3) is 0.308. The molecule has 21 heavy (non-hydrogen) atoms. The number of alkyl halides is 3. The number of rotatable bonds is 7. The van der Waals surface area contributed by atoms with Crippen LogP contribution in [0.15, 0.2) is 24.3 Å². The summed E-state index contributed by atoms with van der Waals surface area (Å²) in [4.78, 5) is 10.5. The molecule has 0 saturated heterocycles. The van der Waals surface area contributed by atoms with E-state index in [2.05, 4.69) is 4.74 Å². The van der Waals surface area contributed by atoms with E-state index in [1.54, 1.807) is 12.1 Å². The van der Waals surface area contributed by atoms with Crippen LogP contribution in [0.2, 0.25) is 0 Å². The molecule has 0 saturated carbocycles. The Bertz CT molecular complexity index is 511. The standard InChI is InChI=1S/C13H13F3O5/c1-19-10-4-2-3-9(5-6-11(17)18)12(10)20-7-8-21-13(14,15)16/h2-6H,7-8H2,1H3,(H,17,18). The molecule has 0 amide bonds. The lowest BCUT2D eigenvalue weighted by Crippen LogP contribution is -2.18. The maximum atomic E-state index is 11.8. The first-order valence-electron chi connectivity index (χ1n) is 5.75. The van der Waals surface area contributed by atoms with Gasteiger partial charge in [-0.25, -0.2) is 4.79 Å². The highest BCUT2D eigenvalue weighted by Gasteiger charge is 2.28. The number of hydrogen-bond donors (Lipinski definition) is 1. The zero-order valence-corrected chi connectivity index (χ0v) is 11.0. The van der Waals surface area contributed by atoms with Crippen LogP contribution in [0.5, 0.6) is 11.5 Å². The van der Waals surface area contributed by atoms with E-state index in [1.165, 1.54) is 19.3 Å². The molecule has 0 spiro atoms. The zero-order valence-electron chi connectivity index (χ0n) is 11.0. The van der Waals surface area contributed by atoms with Gasteiger partial charge in [-0.1, -0.05) is 12.1 Å². The molecule has 5 nitrogen and oxygen atoms in total. The van der Waals surface area contributed by atoms with Crippen LogP contribution in [0.1, 0.15) is 5.56 Å². The molecule has 0 aliphatic heterocycles. The van der Waals surface area contributed by atoms with Gasteiger partial charge in [-0.3, -0.25) is 4.74 Å². The number of aliphatic carboxylic acids is 1. The van der Waals surface area contributed by atoms with Gasteiger partial charge in [0, 0.05) is 11.6 Å². The van der Waals surface area contributed by atoms with Gasteiger partial charge in [-0.15, -0.1) is 13.2 Å². The summed E-state index contributed by atoms with van der Waals surface area (Å²) >= 11 is 0. The minimum atomic E-state index is -4.73. The Hall–Kier alpha value is -2.22. The number of ether oxygens (including phenoxy) is 3. The largest absolute Gasteiger partial charge is 0.522 e. The monoisotopic (exact) mass is 306 g/mol. The van der Waals surface area contributed by atoms with Gasteiger partial charge in [-0.05, 0) is 12.1 Å². The molecule has 1 N–H and O–H groups in total. The van der Waals surface area contributed by atoms with E-state index in [0.29, 0.717) is 5.56 Å². The van der Waals surface area contributed by atoms with E-state index in [4.69, 9.17) is 14.6 Å². The van der Waals surface area contributed by atoms with E-state index in [0.717, 1.165) is 6.08 Å². The molecule has 0 bridgehead atoms. The summed E-state index contributed by atoms with van der Waals surface area (Å²) in [5, 5.41) is 8.59. The van der Waals surface area contributed by atoms with Gasteiger partial charge in [0.2, 0.25) is 0 Å². The number of carbonyl (C=O) groups is 1. The second-order valence-corrected chi connectivity index (χ2v) is 3.69. The molecule has 0 heterocycles. The number of halogens is 3. The summed E-state index contributed by atoms with van der Waals surface area (Å²) in [6.07, 6.45) is -2.59. The second-order valence-electron chi connectivity index (χ2n) is 3.69. The van der Waals surface area contributed by atoms with Gasteiger partial charge >= 0.3 is 12.3 Å². The van der Waals surface area contributed by atoms with Crippen molar-refractivity contribution in [2.75, 3.05) is 20.3 Å². The Kier molecular flexibility index (Phi) is 6.04. The smallest absolute Gasteiger partial charge is 0.493 e. The Morgan fingerprint density at radius 2 is 2.05 bits per heavy atom. The fourth-order valence-corrected chi connectivity index (χ4v) is 1.44. The highest BCUT2D eigenvalue weighted by atomic mass is 19.4. The molecule has 116 valence electrons. The molecule has 0 radical (unpaired) electrons. The molecule has 0 aliphatic carbocycles. The van der Waals surface area contributed by atoms with E-state index in [-0.39, 0.29) is 18.1 Å². The van der Waals surface area contributed by atoms with Crippen molar-refractivity contribution in [1.29, 1.82) is 0 Å². The summed E-state index contributed by atoms with van der Waals surface area (Å²) in [7, 11) is 1.36. The van der Waals surface area contributed by atoms with Crippen LogP contribution in [-0.4, -0.2) is 37.8 Å². The van der Waals surface area contributed by atoms with Gasteiger partial charge in [0.1, 0.15) is 6.61 Å². The maximum absolute atomic E-state index is 11.8. The lowest BCUT2D eigenvalue weighted by Gasteiger charge is -2.14. The molecule has 0 fully saturated rings. The summed E-state index contributed by atoms with van der Waals surface area (Å²) in [5.74, 6) is -0.748. The first-order chi connectivity index (χ1) is 9.83. The quantitative estimate of drug-likeness (QED) is 0.620. The van der Waals surface area contributed by atoms with Crippen molar-refractivity contribution in [1.82, 2.24) is 0 Å². The lowest BCUT2D eigenvalue weighted by molar-refractivity contribution is -0.325. The van der Waals surface area contributed by atoms with Crippen molar-refractivity contribution in [3.8, 4) is 11.5 Å². The van der Waals surface area contributed by atoms with Crippen LogP contribution < -0.4 is 9.47 Å². The number of carboxylic acid groups (broad SMARTS) is 1. The normalized spacial score (nSPS) is 11.6. The Labute approximate surface area is 118 Å². The van der Waals surface area contributed by atoms with E-state index >= 15 is 0 Å². The first kappa shape index (κ1) is 16.8. The van der Waals surface area contributed by atoms with Crippen molar-refractivity contribution >= 4 is 12.0 Å². The summed E-state index contributed by atoms with van der Waals surface area (Å²) in [6, 6.07) is 4.68. The molecular formula is C13H13F3O5. The number of benzene rings is 1. The highest BCUT2D eigenvalue weighted by Crippen LogP contribution is 2.32. The minimum Gasteiger partial charge on any atom is -0.493 e. The Balaban J connectivity index is 2.80. The summed E-state index contributed by atoms with van der Waals surface area (Å²) in [5.41, 5.74) is 0.365. The minimum absolute atomic E-state index is 0.142. The van der Waals surface area contributed by atoms with Crippen molar-refractivity contribution in [2.24, 2.45) is 0 Å². The zero-order chi connectivity index (χ0) is 15.9. The summed E-state index contributed by atoms with van der Waals surface area (Å²) < 4.78 is 49.3. The van der Waals surface area contributed by atoms with Gasteiger partial charge in [-0.2, -0.15) is 0 Å². The first-order valence-corrected chi connectivity index (χ1v) is 5.75. The van der Waals surface area contributed by atoms with Crippen LogP contribution in [0, 0.1) is 0 Å². The van der Waals surface area contributed by atoms with Gasteiger partial charge in [0.05, 0.1) is 13.7 Å². The van der Waals surface area contributed by atoms with Gasteiger partial charge in [0.25, 0.3) is 0 Å². The third-order valence-electron chi connectivity index (χ3n) is 2.23. The molecule has 0 unspecified atom stereocenters. The van der Waals surface area contributed by atoms with Crippen LogP contribution in [0.4, 0.5) is 13.2 Å². The van der Waals surface area contributed by atoms with E-state index in [9.17, 15) is 18.0 Å². The number of hydrogen-bond acceptors (Lipinski definition) is 4. The lowest BCUT2D eigenvalue weighted by atomic mass is 10.1. The van der Waals surface area contributed by atoms with Crippen LogP contribution in [0.25, 0.3) is 6.08 Å². The van der Waals surface area contributed by atoms with Crippen LogP contribution in [0.3, 0.4) is 0 Å². The highest BCUT2D eigenvalue weighted by molar-refractivity contribution is 5.86. The summed E-state index contributed by atoms with van der Waals surface area (Å²) in [6.45, 7) is -1.06.